The van der Waals surface area contributed by atoms with Gasteiger partial charge in [0.05, 0.1) is 5.70 Å². The van der Waals surface area contributed by atoms with Gasteiger partial charge in [0.25, 0.3) is 0 Å². The molecule has 0 radical (unpaired) electrons. The highest BCUT2D eigenvalue weighted by Crippen LogP contribution is 2.38. The van der Waals surface area contributed by atoms with Crippen LogP contribution < -0.4 is 4.90 Å². The fraction of sp³-hybridized carbons (Fsp3) is 0.0455. The predicted octanol–water partition coefficient (Wildman–Crippen LogP) is 5.97. The molecule has 25 heavy (non-hydrogen) atoms. The maximum absolute atomic E-state index is 6.23. The Morgan fingerprint density at radius 3 is 2.24 bits per heavy atom. The van der Waals surface area contributed by atoms with Gasteiger partial charge in [-0.3, -0.25) is 4.99 Å². The number of aliphatic imine (C=N–C) groups is 1. The van der Waals surface area contributed by atoms with Gasteiger partial charge in [-0.2, -0.15) is 0 Å². The number of hydrogen-bond donors (Lipinski definition) is 0. The number of allylic oxidation sites excluding steroid dienone is 1. The van der Waals surface area contributed by atoms with E-state index in [9.17, 15) is 0 Å². The topological polar surface area (TPSA) is 15.6 Å². The zero-order valence-corrected chi connectivity index (χ0v) is 14.3. The van der Waals surface area contributed by atoms with E-state index in [0.29, 0.717) is 0 Å². The molecular weight excluding hydrogens is 328 g/mol. The highest BCUT2D eigenvalue weighted by atomic mass is 35.5. The lowest BCUT2D eigenvalue weighted by molar-refractivity contribution is 0.741. The van der Waals surface area contributed by atoms with Crippen molar-refractivity contribution in [3.63, 3.8) is 0 Å². The van der Waals surface area contributed by atoms with Gasteiger partial charge in [0.2, 0.25) is 0 Å². The van der Waals surface area contributed by atoms with Crippen molar-refractivity contribution in [1.29, 1.82) is 0 Å². The van der Waals surface area contributed by atoms with E-state index in [-0.39, 0.29) is 6.17 Å². The van der Waals surface area contributed by atoms with Crippen LogP contribution in [0.1, 0.15) is 17.3 Å². The Morgan fingerprint density at radius 2 is 1.52 bits per heavy atom. The van der Waals surface area contributed by atoms with E-state index >= 15 is 0 Å². The fourth-order valence-corrected chi connectivity index (χ4v) is 3.28. The third-order valence-corrected chi connectivity index (χ3v) is 4.45. The quantitative estimate of drug-likeness (QED) is 0.571. The SMILES string of the molecule is Clc1cccc(C2=CC=NC(c3ccccc3)N2c2ccccc2)c1. The van der Waals surface area contributed by atoms with Crippen molar-refractivity contribution in [2.45, 2.75) is 6.17 Å². The molecule has 1 unspecified atom stereocenters. The highest BCUT2D eigenvalue weighted by molar-refractivity contribution is 6.30. The molecule has 3 aromatic rings. The summed E-state index contributed by atoms with van der Waals surface area (Å²) in [6.07, 6.45) is 3.81. The van der Waals surface area contributed by atoms with E-state index in [1.54, 1.807) is 0 Å². The number of anilines is 1. The maximum atomic E-state index is 6.23. The molecule has 0 fully saturated rings. The second-order valence-corrected chi connectivity index (χ2v) is 6.29. The van der Waals surface area contributed by atoms with Crippen molar-refractivity contribution < 1.29 is 0 Å². The van der Waals surface area contributed by atoms with Crippen LogP contribution in [0, 0.1) is 0 Å². The van der Waals surface area contributed by atoms with Gasteiger partial charge in [-0.05, 0) is 41.5 Å². The van der Waals surface area contributed by atoms with Crippen LogP contribution in [0.15, 0.2) is 96.0 Å². The van der Waals surface area contributed by atoms with E-state index in [4.69, 9.17) is 16.6 Å². The van der Waals surface area contributed by atoms with Crippen LogP contribution in [0.4, 0.5) is 5.69 Å². The first kappa shape index (κ1) is 15.7. The molecule has 4 rings (SSSR count). The van der Waals surface area contributed by atoms with E-state index in [1.807, 2.05) is 66.9 Å². The second-order valence-electron chi connectivity index (χ2n) is 5.85. The number of halogens is 1. The van der Waals surface area contributed by atoms with Gasteiger partial charge in [0.1, 0.15) is 0 Å². The van der Waals surface area contributed by atoms with Crippen LogP contribution in [0.25, 0.3) is 5.70 Å². The van der Waals surface area contributed by atoms with Gasteiger partial charge in [0, 0.05) is 16.9 Å². The second kappa shape index (κ2) is 6.96. The Hall–Kier alpha value is -2.84. The Balaban J connectivity index is 1.85. The molecule has 0 amide bonds. The van der Waals surface area contributed by atoms with E-state index in [2.05, 4.69) is 35.2 Å². The van der Waals surface area contributed by atoms with E-state index in [0.717, 1.165) is 27.5 Å². The molecule has 0 aromatic heterocycles. The van der Waals surface area contributed by atoms with Gasteiger partial charge in [0.15, 0.2) is 6.17 Å². The van der Waals surface area contributed by atoms with Crippen LogP contribution in [-0.4, -0.2) is 6.21 Å². The normalized spacial score (nSPS) is 16.6. The van der Waals surface area contributed by atoms with Crippen LogP contribution in [0.2, 0.25) is 5.02 Å². The molecule has 0 N–H and O–H groups in total. The van der Waals surface area contributed by atoms with E-state index < -0.39 is 0 Å². The summed E-state index contributed by atoms with van der Waals surface area (Å²) in [5, 5.41) is 0.727. The van der Waals surface area contributed by atoms with Crippen LogP contribution >= 0.6 is 11.6 Å². The molecular formula is C22H17ClN2. The average Bonchev–Trinajstić information content (AvgIpc) is 2.69. The third-order valence-electron chi connectivity index (χ3n) is 4.22. The molecule has 1 heterocycles. The zero-order valence-electron chi connectivity index (χ0n) is 13.6. The summed E-state index contributed by atoms with van der Waals surface area (Å²) in [5.41, 5.74) is 4.40. The standard InChI is InChI=1S/C22H17ClN2/c23-19-11-7-10-18(16-19)21-14-15-24-22(17-8-3-1-4-9-17)25(21)20-12-5-2-6-13-20/h1-16,22H. The summed E-state index contributed by atoms with van der Waals surface area (Å²) < 4.78 is 0. The minimum absolute atomic E-state index is 0.109. The number of hydrogen-bond acceptors (Lipinski definition) is 2. The van der Waals surface area contributed by atoms with Crippen molar-refractivity contribution in [3.05, 3.63) is 107 Å². The van der Waals surface area contributed by atoms with Gasteiger partial charge < -0.3 is 4.90 Å². The Kier molecular flexibility index (Phi) is 4.36. The van der Waals surface area contributed by atoms with Crippen LogP contribution in [-0.2, 0) is 0 Å². The maximum Gasteiger partial charge on any atom is 0.151 e. The number of rotatable bonds is 3. The lowest BCUT2D eigenvalue weighted by Gasteiger charge is -2.35. The molecule has 122 valence electrons. The van der Waals surface area contributed by atoms with Crippen LogP contribution in [0.5, 0.6) is 0 Å². The molecule has 0 saturated heterocycles. The van der Waals surface area contributed by atoms with Gasteiger partial charge in [-0.25, -0.2) is 0 Å². The van der Waals surface area contributed by atoms with Gasteiger partial charge >= 0.3 is 0 Å². The average molecular weight is 345 g/mol. The first-order chi connectivity index (χ1) is 12.3. The summed E-state index contributed by atoms with van der Waals surface area (Å²) >= 11 is 6.23. The van der Waals surface area contributed by atoms with Crippen molar-refractivity contribution in [1.82, 2.24) is 0 Å². The van der Waals surface area contributed by atoms with Crippen molar-refractivity contribution in [3.8, 4) is 0 Å². The molecule has 1 atom stereocenters. The molecule has 1 aliphatic rings. The lowest BCUT2D eigenvalue weighted by atomic mass is 10.0. The molecule has 0 saturated carbocycles. The van der Waals surface area contributed by atoms with E-state index in [1.165, 1.54) is 0 Å². The summed E-state index contributed by atoms with van der Waals surface area (Å²) in [6, 6.07) is 28.6. The summed E-state index contributed by atoms with van der Waals surface area (Å²) in [7, 11) is 0. The monoisotopic (exact) mass is 344 g/mol. The zero-order chi connectivity index (χ0) is 17.1. The molecule has 0 aliphatic carbocycles. The van der Waals surface area contributed by atoms with Crippen molar-refractivity contribution in [2.75, 3.05) is 4.90 Å². The molecule has 1 aliphatic heterocycles. The fourth-order valence-electron chi connectivity index (χ4n) is 3.09. The molecule has 0 spiro atoms. The molecule has 3 aromatic carbocycles. The Bertz CT molecular complexity index is 917. The van der Waals surface area contributed by atoms with Crippen LogP contribution in [0.3, 0.4) is 0 Å². The highest BCUT2D eigenvalue weighted by Gasteiger charge is 2.26. The Labute approximate surface area is 152 Å². The van der Waals surface area contributed by atoms with Gasteiger partial charge in [-0.1, -0.05) is 72.3 Å². The molecule has 2 nitrogen and oxygen atoms in total. The molecule has 3 heteroatoms. The smallest absolute Gasteiger partial charge is 0.151 e. The largest absolute Gasteiger partial charge is 0.314 e. The summed E-state index contributed by atoms with van der Waals surface area (Å²) in [5.74, 6) is 0. The van der Waals surface area contributed by atoms with Crippen molar-refractivity contribution >= 4 is 29.2 Å². The minimum atomic E-state index is -0.109. The number of para-hydroxylation sites is 1. The first-order valence-corrected chi connectivity index (χ1v) is 8.59. The number of nitrogens with zero attached hydrogens (tertiary/aromatic N) is 2. The van der Waals surface area contributed by atoms with Crippen molar-refractivity contribution in [2.24, 2.45) is 4.99 Å². The first-order valence-electron chi connectivity index (χ1n) is 8.21. The summed E-state index contributed by atoms with van der Waals surface area (Å²) in [6.45, 7) is 0. The Morgan fingerprint density at radius 1 is 0.800 bits per heavy atom. The predicted molar refractivity (Wildman–Crippen MR) is 106 cm³/mol. The van der Waals surface area contributed by atoms with Gasteiger partial charge in [-0.15, -0.1) is 0 Å². The number of benzene rings is 3. The minimum Gasteiger partial charge on any atom is -0.314 e. The molecule has 0 bridgehead atoms. The summed E-state index contributed by atoms with van der Waals surface area (Å²) in [4.78, 5) is 7.00. The third kappa shape index (κ3) is 3.21. The lowest BCUT2D eigenvalue weighted by Crippen LogP contribution is -2.28.